The molecule has 2 saturated heterocycles. The fourth-order valence-corrected chi connectivity index (χ4v) is 9.68. The van der Waals surface area contributed by atoms with E-state index in [2.05, 4.69) is 31.0 Å². The zero-order valence-electron chi connectivity index (χ0n) is 30.6. The van der Waals surface area contributed by atoms with E-state index in [9.17, 15) is 10.1 Å². The van der Waals surface area contributed by atoms with Crippen molar-refractivity contribution in [3.8, 4) is 23.4 Å². The molecule has 4 aromatic heterocycles. The predicted molar refractivity (Wildman–Crippen MR) is 196 cm³/mol. The Balaban J connectivity index is 1.19. The first-order valence-corrected chi connectivity index (χ1v) is 18.9. The summed E-state index contributed by atoms with van der Waals surface area (Å²) in [4.78, 5) is 26.8. The summed E-state index contributed by atoms with van der Waals surface area (Å²) < 4.78 is 15.8. The van der Waals surface area contributed by atoms with Crippen molar-refractivity contribution < 1.29 is 14.1 Å². The lowest BCUT2D eigenvalue weighted by Gasteiger charge is -2.41. The second-order valence-corrected chi connectivity index (χ2v) is 15.4. The van der Waals surface area contributed by atoms with Gasteiger partial charge in [-0.1, -0.05) is 11.2 Å². The standard InChI is InChI=1S/C39H45N11O3/c1-23-26(19-48(22-51)27-12-16-52-21-27)20-49(45-23)37-30-18-42-50(24(2)32-9-6-15-47(32)3)38(30)44-36(43-37)34-28-8-5-14-39(35(28)53-46-34)13-4-7-25-10-11-31(41)29(17-40)33(25)39/h10-11,18,20,22,24,27,32H,4-9,12-16,19,21,41H2,1-3H3. The fourth-order valence-electron chi connectivity index (χ4n) is 9.68. The number of likely N-dealkylation sites (N-methyl/N-ethyl adjacent to an activating group) is 1. The summed E-state index contributed by atoms with van der Waals surface area (Å²) in [5.74, 6) is 1.83. The average Bonchev–Trinajstić information content (AvgIpc) is 4.02. The van der Waals surface area contributed by atoms with E-state index < -0.39 is 5.41 Å². The molecule has 2 aliphatic carbocycles. The number of hydrogen-bond donors (Lipinski definition) is 1. The molecule has 14 nitrogen and oxygen atoms in total. The van der Waals surface area contributed by atoms with Crippen molar-refractivity contribution in [2.24, 2.45) is 0 Å². The lowest BCUT2D eigenvalue weighted by atomic mass is 9.61. The van der Waals surface area contributed by atoms with Gasteiger partial charge < -0.3 is 24.8 Å². The molecule has 4 unspecified atom stereocenters. The molecule has 0 saturated carbocycles. The Kier molecular flexibility index (Phi) is 8.31. The Morgan fingerprint density at radius 2 is 2.04 bits per heavy atom. The summed E-state index contributed by atoms with van der Waals surface area (Å²) >= 11 is 0. The number of fused-ring (bicyclic) bond motifs is 5. The summed E-state index contributed by atoms with van der Waals surface area (Å²) in [7, 11) is 2.17. The minimum atomic E-state index is -0.494. The van der Waals surface area contributed by atoms with Crippen LogP contribution in [0, 0.1) is 18.3 Å². The van der Waals surface area contributed by atoms with Gasteiger partial charge in [0.2, 0.25) is 6.41 Å². The van der Waals surface area contributed by atoms with Gasteiger partial charge in [0, 0.05) is 42.2 Å². The number of aryl methyl sites for hydroxylation is 2. The second-order valence-electron chi connectivity index (χ2n) is 15.4. The van der Waals surface area contributed by atoms with Gasteiger partial charge in [-0.15, -0.1) is 0 Å². The van der Waals surface area contributed by atoms with Gasteiger partial charge in [-0.25, -0.2) is 19.3 Å². The van der Waals surface area contributed by atoms with Crippen LogP contribution in [-0.2, 0) is 34.3 Å². The van der Waals surface area contributed by atoms with Gasteiger partial charge in [0.15, 0.2) is 28.7 Å². The monoisotopic (exact) mass is 715 g/mol. The summed E-state index contributed by atoms with van der Waals surface area (Å²) in [5.41, 5.74) is 13.1. The van der Waals surface area contributed by atoms with Crippen molar-refractivity contribution in [2.75, 3.05) is 32.5 Å². The molecule has 14 heteroatoms. The number of hydrogen-bond acceptors (Lipinski definition) is 11. The number of carbonyl (C=O) groups excluding carboxylic acids is 1. The van der Waals surface area contributed by atoms with Crippen LogP contribution >= 0.6 is 0 Å². The summed E-state index contributed by atoms with van der Waals surface area (Å²) in [6.07, 6.45) is 13.0. The number of ether oxygens (including phenoxy) is 1. The number of aromatic nitrogens is 7. The van der Waals surface area contributed by atoms with Crippen LogP contribution in [0.2, 0.25) is 0 Å². The first kappa shape index (κ1) is 33.7. The van der Waals surface area contributed by atoms with E-state index in [-0.39, 0.29) is 12.1 Å². The zero-order chi connectivity index (χ0) is 36.4. The van der Waals surface area contributed by atoms with Gasteiger partial charge >= 0.3 is 0 Å². The van der Waals surface area contributed by atoms with Crippen LogP contribution in [0.5, 0.6) is 0 Å². The maximum Gasteiger partial charge on any atom is 0.210 e. The Morgan fingerprint density at radius 1 is 1.19 bits per heavy atom. The highest BCUT2D eigenvalue weighted by Gasteiger charge is 2.48. The maximum absolute atomic E-state index is 12.2. The Hall–Kier alpha value is -5.13. The lowest BCUT2D eigenvalue weighted by molar-refractivity contribution is -0.120. The first-order valence-electron chi connectivity index (χ1n) is 18.9. The molecule has 6 heterocycles. The van der Waals surface area contributed by atoms with Crippen molar-refractivity contribution in [3.05, 3.63) is 63.8 Å². The van der Waals surface area contributed by atoms with Crippen LogP contribution in [0.25, 0.3) is 28.4 Å². The molecule has 5 aromatic rings. The number of likely N-dealkylation sites (tertiary alicyclic amines) is 1. The van der Waals surface area contributed by atoms with Crippen LogP contribution in [-0.4, -0.2) is 89.8 Å². The molecule has 2 aliphatic heterocycles. The van der Waals surface area contributed by atoms with Gasteiger partial charge in [0.1, 0.15) is 6.07 Å². The lowest BCUT2D eigenvalue weighted by Crippen LogP contribution is -2.36. The highest BCUT2D eigenvalue weighted by Crippen LogP contribution is 2.53. The van der Waals surface area contributed by atoms with Crippen molar-refractivity contribution >= 4 is 23.1 Å². The minimum absolute atomic E-state index is 0.0412. The molecular weight excluding hydrogens is 671 g/mol. The van der Waals surface area contributed by atoms with Crippen LogP contribution in [0.3, 0.4) is 0 Å². The van der Waals surface area contributed by atoms with Gasteiger partial charge in [-0.05, 0) is 102 Å². The normalized spacial score (nSPS) is 23.3. The minimum Gasteiger partial charge on any atom is -0.398 e. The molecular formula is C39H45N11O3. The smallest absolute Gasteiger partial charge is 0.210 e. The van der Waals surface area contributed by atoms with Crippen LogP contribution in [0.1, 0.15) is 97.2 Å². The van der Waals surface area contributed by atoms with Crippen LogP contribution < -0.4 is 5.73 Å². The maximum atomic E-state index is 12.2. The zero-order valence-corrected chi connectivity index (χ0v) is 30.6. The molecule has 2 N–H and O–H groups in total. The molecule has 0 bridgehead atoms. The number of rotatable bonds is 8. The number of nitrogen functional groups attached to an aromatic ring is 1. The van der Waals surface area contributed by atoms with Gasteiger partial charge in [-0.2, -0.15) is 15.5 Å². The predicted octanol–water partition coefficient (Wildman–Crippen LogP) is 4.79. The van der Waals surface area contributed by atoms with E-state index in [4.69, 9.17) is 40.3 Å². The molecule has 53 heavy (non-hydrogen) atoms. The highest BCUT2D eigenvalue weighted by atomic mass is 16.5. The molecule has 1 amide bonds. The van der Waals surface area contributed by atoms with Gasteiger partial charge in [-0.3, -0.25) is 4.79 Å². The van der Waals surface area contributed by atoms with Crippen molar-refractivity contribution in [1.29, 1.82) is 5.26 Å². The third-order valence-electron chi connectivity index (χ3n) is 12.5. The van der Waals surface area contributed by atoms with Gasteiger partial charge in [0.05, 0.1) is 46.9 Å². The molecule has 9 rings (SSSR count). The first-order chi connectivity index (χ1) is 25.8. The third-order valence-corrected chi connectivity index (χ3v) is 12.5. The Labute approximate surface area is 307 Å². The average molecular weight is 716 g/mol. The van der Waals surface area contributed by atoms with E-state index in [0.29, 0.717) is 60.0 Å². The molecule has 2 fully saturated rings. The number of carbonyl (C=O) groups is 1. The van der Waals surface area contributed by atoms with E-state index in [1.54, 1.807) is 9.58 Å². The molecule has 1 spiro atoms. The summed E-state index contributed by atoms with van der Waals surface area (Å²) in [5, 5.41) is 25.7. The second kappa shape index (κ2) is 13.1. The SMILES string of the molecule is Cc1nn(-c2nc(-c3noc4c3CCCC43CCCc4ccc(N)c(C#N)c43)nc3c2cnn3C(C)C2CCCN2C)cc1CN(C=O)C1CCOC1. The van der Waals surface area contributed by atoms with Crippen molar-refractivity contribution in [1.82, 2.24) is 44.5 Å². The molecule has 1 aromatic carbocycles. The molecule has 274 valence electrons. The summed E-state index contributed by atoms with van der Waals surface area (Å²) in [6.45, 7) is 6.83. The van der Waals surface area contributed by atoms with E-state index >= 15 is 0 Å². The van der Waals surface area contributed by atoms with E-state index in [1.165, 1.54) is 0 Å². The highest BCUT2D eigenvalue weighted by molar-refractivity contribution is 5.84. The van der Waals surface area contributed by atoms with Crippen molar-refractivity contribution in [3.63, 3.8) is 0 Å². The number of nitrogens with two attached hydrogens (primary N) is 1. The number of amides is 1. The number of nitriles is 1. The Bertz CT molecular complexity index is 2260. The number of anilines is 1. The van der Waals surface area contributed by atoms with Crippen LogP contribution in [0.4, 0.5) is 5.69 Å². The molecule has 0 radical (unpaired) electrons. The van der Waals surface area contributed by atoms with E-state index in [1.807, 2.05) is 30.1 Å². The summed E-state index contributed by atoms with van der Waals surface area (Å²) in [6, 6.07) is 6.77. The van der Waals surface area contributed by atoms with Crippen molar-refractivity contribution in [2.45, 2.75) is 102 Å². The van der Waals surface area contributed by atoms with E-state index in [0.717, 1.165) is 110 Å². The third kappa shape index (κ3) is 5.35. The topological polar surface area (TPSA) is 170 Å². The quantitative estimate of drug-likeness (QED) is 0.173. The largest absolute Gasteiger partial charge is 0.398 e. The number of nitrogens with zero attached hydrogens (tertiary/aromatic N) is 10. The number of benzene rings is 1. The Morgan fingerprint density at radius 3 is 2.79 bits per heavy atom. The fraction of sp³-hybridized carbons (Fsp3) is 0.513. The molecule has 4 aliphatic rings. The molecule has 4 atom stereocenters. The van der Waals surface area contributed by atoms with Crippen LogP contribution in [0.15, 0.2) is 29.0 Å². The van der Waals surface area contributed by atoms with Gasteiger partial charge in [0.25, 0.3) is 0 Å².